The molecule has 0 saturated carbocycles. The molecule has 0 bridgehead atoms. The van der Waals surface area contributed by atoms with Gasteiger partial charge >= 0.3 is 0 Å². The highest BCUT2D eigenvalue weighted by molar-refractivity contribution is 6.12. The van der Waals surface area contributed by atoms with Gasteiger partial charge in [0.2, 0.25) is 0 Å². The fourth-order valence-electron chi connectivity index (χ4n) is 7.38. The lowest BCUT2D eigenvalue weighted by Crippen LogP contribution is -2.00. The lowest BCUT2D eigenvalue weighted by atomic mass is 9.91. The molecule has 0 aliphatic heterocycles. The molecule has 9 rings (SSSR count). The van der Waals surface area contributed by atoms with Crippen LogP contribution in [0.4, 0.5) is 11.4 Å². The smallest absolute Gasteiger partial charge is 0.188 e. The zero-order valence-electron chi connectivity index (χ0n) is 26.7. The summed E-state index contributed by atoms with van der Waals surface area (Å²) in [5.74, 6) is 0. The van der Waals surface area contributed by atoms with Crippen LogP contribution in [0.25, 0.3) is 86.9 Å². The van der Waals surface area contributed by atoms with E-state index in [0.717, 1.165) is 66.5 Å². The van der Waals surface area contributed by atoms with Crippen LogP contribution in [0.5, 0.6) is 0 Å². The Morgan fingerprint density at radius 1 is 0.440 bits per heavy atom. The maximum atomic E-state index is 10.8. The van der Waals surface area contributed by atoms with E-state index >= 15 is 0 Å². The second-order valence-electron chi connectivity index (χ2n) is 12.3. The summed E-state index contributed by atoms with van der Waals surface area (Å²) in [4.78, 5) is 7.38. The van der Waals surface area contributed by atoms with Crippen LogP contribution in [0.15, 0.2) is 152 Å². The van der Waals surface area contributed by atoms with E-state index in [1.165, 1.54) is 10.8 Å². The number of hydrogen-bond acceptors (Lipinski definition) is 1. The number of aromatic nitrogens is 2. The van der Waals surface area contributed by atoms with Gasteiger partial charge in [-0.05, 0) is 82.6 Å². The van der Waals surface area contributed by atoms with E-state index in [1.54, 1.807) is 0 Å². The quantitative estimate of drug-likeness (QED) is 0.177. The van der Waals surface area contributed by atoms with Gasteiger partial charge < -0.3 is 9.13 Å². The number of nitriles is 1. The first-order valence-electron chi connectivity index (χ1n) is 16.2. The van der Waals surface area contributed by atoms with Gasteiger partial charge in [-0.25, -0.2) is 9.69 Å². The molecule has 2 heterocycles. The van der Waals surface area contributed by atoms with Crippen molar-refractivity contribution in [1.29, 1.82) is 5.26 Å². The Labute approximate surface area is 288 Å². The first-order valence-corrected chi connectivity index (χ1v) is 16.2. The summed E-state index contributed by atoms with van der Waals surface area (Å²) < 4.78 is 4.47. The molecule has 5 nitrogen and oxygen atoms in total. The van der Waals surface area contributed by atoms with Crippen LogP contribution in [-0.2, 0) is 0 Å². The number of para-hydroxylation sites is 2. The van der Waals surface area contributed by atoms with E-state index in [4.69, 9.17) is 13.1 Å². The van der Waals surface area contributed by atoms with E-state index in [1.807, 2.05) is 66.7 Å². The number of rotatable bonds is 4. The molecular formula is C45H25N5. The Morgan fingerprint density at radius 3 is 1.52 bits per heavy atom. The van der Waals surface area contributed by atoms with E-state index in [9.17, 15) is 5.26 Å². The van der Waals surface area contributed by atoms with E-state index in [0.29, 0.717) is 16.9 Å². The third-order valence-electron chi connectivity index (χ3n) is 9.56. The second kappa shape index (κ2) is 11.4. The summed E-state index contributed by atoms with van der Waals surface area (Å²) in [6.07, 6.45) is 0. The molecule has 0 fully saturated rings. The Morgan fingerprint density at radius 2 is 0.940 bits per heavy atom. The number of hydrogen-bond donors (Lipinski definition) is 0. The summed E-state index contributed by atoms with van der Waals surface area (Å²) in [5.41, 5.74) is 11.1. The van der Waals surface area contributed by atoms with Crippen LogP contribution in [0.2, 0.25) is 0 Å². The molecule has 0 aliphatic rings. The van der Waals surface area contributed by atoms with Crippen LogP contribution in [0, 0.1) is 24.5 Å². The highest BCUT2D eigenvalue weighted by atomic mass is 15.0. The van der Waals surface area contributed by atoms with Crippen LogP contribution in [-0.4, -0.2) is 9.13 Å². The van der Waals surface area contributed by atoms with Gasteiger partial charge in [-0.1, -0.05) is 91.0 Å². The van der Waals surface area contributed by atoms with Gasteiger partial charge in [0, 0.05) is 33.3 Å². The van der Waals surface area contributed by atoms with Crippen LogP contribution in [0.3, 0.4) is 0 Å². The summed E-state index contributed by atoms with van der Waals surface area (Å²) in [6.45, 7) is 15.3. The molecule has 0 radical (unpaired) electrons. The molecule has 2 aromatic heterocycles. The van der Waals surface area contributed by atoms with Crippen molar-refractivity contribution in [3.05, 3.63) is 180 Å². The van der Waals surface area contributed by atoms with Gasteiger partial charge in [-0.3, -0.25) is 0 Å². The molecule has 0 unspecified atom stereocenters. The normalized spacial score (nSPS) is 11.1. The highest BCUT2D eigenvalue weighted by Crippen LogP contribution is 2.41. The molecule has 5 heteroatoms. The Kier molecular flexibility index (Phi) is 6.56. The maximum Gasteiger partial charge on any atom is 0.188 e. The number of nitrogens with zero attached hydrogens (tertiary/aromatic N) is 5. The van der Waals surface area contributed by atoms with Crippen LogP contribution < -0.4 is 0 Å². The zero-order valence-corrected chi connectivity index (χ0v) is 26.7. The first-order chi connectivity index (χ1) is 24.7. The largest absolute Gasteiger partial charge is 0.309 e. The minimum atomic E-state index is 0.539. The molecule has 0 spiro atoms. The second-order valence-corrected chi connectivity index (χ2v) is 12.3. The lowest BCUT2D eigenvalue weighted by molar-refractivity contribution is 1.17. The molecule has 230 valence electrons. The van der Waals surface area contributed by atoms with E-state index < -0.39 is 0 Å². The van der Waals surface area contributed by atoms with Crippen molar-refractivity contribution >= 4 is 55.0 Å². The van der Waals surface area contributed by atoms with Gasteiger partial charge in [0.05, 0.1) is 40.8 Å². The lowest BCUT2D eigenvalue weighted by Gasteiger charge is -2.17. The molecule has 0 atom stereocenters. The van der Waals surface area contributed by atoms with Crippen molar-refractivity contribution in [3.8, 4) is 39.7 Å². The summed E-state index contributed by atoms with van der Waals surface area (Å²) in [5, 5.41) is 15.0. The fraction of sp³-hybridized carbons (Fsp3) is 0. The topological polar surface area (TPSA) is 42.4 Å². The van der Waals surface area contributed by atoms with Gasteiger partial charge in [0.1, 0.15) is 6.07 Å². The molecule has 0 saturated heterocycles. The van der Waals surface area contributed by atoms with E-state index in [-0.39, 0.29) is 0 Å². The highest BCUT2D eigenvalue weighted by Gasteiger charge is 2.20. The van der Waals surface area contributed by atoms with Crippen molar-refractivity contribution in [2.24, 2.45) is 0 Å². The Balaban J connectivity index is 1.35. The third kappa shape index (κ3) is 4.38. The Bertz CT molecular complexity index is 2830. The van der Waals surface area contributed by atoms with Gasteiger partial charge in [0.25, 0.3) is 0 Å². The Hall–Kier alpha value is -7.39. The van der Waals surface area contributed by atoms with Gasteiger partial charge in [0.15, 0.2) is 11.4 Å². The van der Waals surface area contributed by atoms with Gasteiger partial charge in [-0.15, -0.1) is 0 Å². The summed E-state index contributed by atoms with van der Waals surface area (Å²) in [7, 11) is 0. The molecule has 50 heavy (non-hydrogen) atoms. The molecule has 7 aromatic carbocycles. The predicted molar refractivity (Wildman–Crippen MR) is 203 cm³/mol. The minimum absolute atomic E-state index is 0.539. The fourth-order valence-corrected chi connectivity index (χ4v) is 7.38. The van der Waals surface area contributed by atoms with Crippen molar-refractivity contribution < 1.29 is 0 Å². The molecule has 0 N–H and O–H groups in total. The number of fused-ring (bicyclic) bond motifs is 6. The van der Waals surface area contributed by atoms with Crippen LogP contribution >= 0.6 is 0 Å². The van der Waals surface area contributed by atoms with Crippen molar-refractivity contribution in [1.82, 2.24) is 9.13 Å². The molecular weight excluding hydrogens is 611 g/mol. The standard InChI is InChI=1S/C45H25N5/c1-47-31-19-21-44-39(24-31)40-25-32(48-2)20-22-45(40)50(44)34-26-37(29-11-4-3-5-12-29)41(28-46)38(27-34)30-13-10-14-33(23-30)49-42-17-8-6-15-35(42)36-16-7-9-18-43(36)49/h3-27H. The average molecular weight is 636 g/mol. The molecule has 0 aliphatic carbocycles. The minimum Gasteiger partial charge on any atom is -0.309 e. The third-order valence-corrected chi connectivity index (χ3v) is 9.56. The molecule has 0 amide bonds. The predicted octanol–water partition coefficient (Wildman–Crippen LogP) is 12.2. The van der Waals surface area contributed by atoms with Gasteiger partial charge in [-0.2, -0.15) is 5.26 Å². The maximum absolute atomic E-state index is 10.8. The summed E-state index contributed by atoms with van der Waals surface area (Å²) >= 11 is 0. The van der Waals surface area contributed by atoms with Crippen molar-refractivity contribution in [3.63, 3.8) is 0 Å². The monoisotopic (exact) mass is 635 g/mol. The summed E-state index contributed by atoms with van der Waals surface area (Å²) in [6, 6.07) is 53.5. The van der Waals surface area contributed by atoms with Crippen molar-refractivity contribution in [2.75, 3.05) is 0 Å². The zero-order chi connectivity index (χ0) is 33.8. The van der Waals surface area contributed by atoms with E-state index in [2.05, 4.69) is 110 Å². The van der Waals surface area contributed by atoms with Crippen LogP contribution in [0.1, 0.15) is 5.56 Å². The SMILES string of the molecule is [C-]#[N+]c1ccc2c(c1)c1cc([N+]#[C-])ccc1n2-c1cc(-c2ccccc2)c(C#N)c(-c2cccc(-n3c4ccccc4c4ccccc43)c2)c1. The first kappa shape index (κ1) is 28.8. The molecule has 9 aromatic rings. The van der Waals surface area contributed by atoms with Crippen molar-refractivity contribution in [2.45, 2.75) is 0 Å². The average Bonchev–Trinajstić information content (AvgIpc) is 3.70. The number of benzene rings is 7.